The number of aliphatic hydroxyl groups is 2. The average molecular weight is 227 g/mol. The molecule has 0 bridgehead atoms. The zero-order valence-electron chi connectivity index (χ0n) is 10.4. The summed E-state index contributed by atoms with van der Waals surface area (Å²) in [5.74, 6) is 0. The number of hydrogen-bond donors (Lipinski definition) is 2. The second-order valence-electron chi connectivity index (χ2n) is 5.14. The third-order valence-electron chi connectivity index (χ3n) is 2.57. The summed E-state index contributed by atoms with van der Waals surface area (Å²) in [6.45, 7) is 8.37. The Morgan fingerprint density at radius 3 is 2.50 bits per heavy atom. The SMILES string of the molecule is CCCn1nncc1C(O)C(O)C(C)(C)C. The van der Waals surface area contributed by atoms with Gasteiger partial charge in [-0.25, -0.2) is 4.68 Å². The number of aryl methyl sites for hydroxylation is 1. The molecule has 16 heavy (non-hydrogen) atoms. The van der Waals surface area contributed by atoms with Gasteiger partial charge in [-0.2, -0.15) is 0 Å². The molecule has 0 aromatic carbocycles. The summed E-state index contributed by atoms with van der Waals surface area (Å²) in [7, 11) is 0. The Morgan fingerprint density at radius 2 is 2.00 bits per heavy atom. The number of aromatic nitrogens is 3. The first-order chi connectivity index (χ1) is 7.38. The van der Waals surface area contributed by atoms with Crippen LogP contribution in [0.15, 0.2) is 6.20 Å². The van der Waals surface area contributed by atoms with Gasteiger partial charge in [0.2, 0.25) is 0 Å². The zero-order chi connectivity index (χ0) is 12.3. The molecule has 0 spiro atoms. The molecule has 0 amide bonds. The van der Waals surface area contributed by atoms with Crippen LogP contribution in [0.5, 0.6) is 0 Å². The Hall–Kier alpha value is -0.940. The molecule has 2 unspecified atom stereocenters. The first kappa shape index (κ1) is 13.1. The topological polar surface area (TPSA) is 71.2 Å². The molecule has 0 aliphatic rings. The highest BCUT2D eigenvalue weighted by Crippen LogP contribution is 2.29. The van der Waals surface area contributed by atoms with Crippen LogP contribution in [-0.2, 0) is 6.54 Å². The van der Waals surface area contributed by atoms with Gasteiger partial charge in [-0.05, 0) is 11.8 Å². The first-order valence-electron chi connectivity index (χ1n) is 5.62. The third-order valence-corrected chi connectivity index (χ3v) is 2.57. The molecule has 0 saturated heterocycles. The number of hydrogen-bond acceptors (Lipinski definition) is 4. The lowest BCUT2D eigenvalue weighted by atomic mass is 9.85. The fraction of sp³-hybridized carbons (Fsp3) is 0.818. The molecule has 2 atom stereocenters. The molecule has 1 aromatic heterocycles. The van der Waals surface area contributed by atoms with Crippen molar-refractivity contribution in [1.82, 2.24) is 15.0 Å². The van der Waals surface area contributed by atoms with Gasteiger partial charge < -0.3 is 10.2 Å². The van der Waals surface area contributed by atoms with Gasteiger partial charge in [0.05, 0.1) is 18.0 Å². The van der Waals surface area contributed by atoms with Crippen LogP contribution >= 0.6 is 0 Å². The fourth-order valence-corrected chi connectivity index (χ4v) is 1.52. The summed E-state index contributed by atoms with van der Waals surface area (Å²) >= 11 is 0. The molecule has 0 aliphatic carbocycles. The number of nitrogens with zero attached hydrogens (tertiary/aromatic N) is 3. The Kier molecular flexibility index (Phi) is 4.04. The van der Waals surface area contributed by atoms with Crippen LogP contribution in [0.25, 0.3) is 0 Å². The minimum absolute atomic E-state index is 0.374. The van der Waals surface area contributed by atoms with E-state index in [1.807, 2.05) is 27.7 Å². The van der Waals surface area contributed by atoms with E-state index in [9.17, 15) is 10.2 Å². The van der Waals surface area contributed by atoms with Crippen LogP contribution in [0.1, 0.15) is 45.9 Å². The highest BCUT2D eigenvalue weighted by atomic mass is 16.3. The maximum atomic E-state index is 10.1. The average Bonchev–Trinajstić information content (AvgIpc) is 2.63. The lowest BCUT2D eigenvalue weighted by Crippen LogP contribution is -2.33. The maximum Gasteiger partial charge on any atom is 0.124 e. The summed E-state index contributed by atoms with van der Waals surface area (Å²) in [5, 5.41) is 27.7. The lowest BCUT2D eigenvalue weighted by molar-refractivity contribution is -0.0496. The lowest BCUT2D eigenvalue weighted by Gasteiger charge is -2.29. The van der Waals surface area contributed by atoms with Crippen molar-refractivity contribution in [1.29, 1.82) is 0 Å². The van der Waals surface area contributed by atoms with Crippen molar-refractivity contribution in [2.75, 3.05) is 0 Å². The Bertz CT molecular complexity index is 330. The zero-order valence-corrected chi connectivity index (χ0v) is 10.4. The van der Waals surface area contributed by atoms with Crippen molar-refractivity contribution in [3.63, 3.8) is 0 Å². The molecule has 1 heterocycles. The van der Waals surface area contributed by atoms with E-state index in [0.29, 0.717) is 12.2 Å². The predicted octanol–water partition coefficient (Wildman–Crippen LogP) is 1.13. The smallest absolute Gasteiger partial charge is 0.124 e. The second-order valence-corrected chi connectivity index (χ2v) is 5.14. The second kappa shape index (κ2) is 4.93. The predicted molar refractivity (Wildman–Crippen MR) is 60.7 cm³/mol. The standard InChI is InChI=1S/C11H21N3O2/c1-5-6-14-8(7-12-13-14)9(15)10(16)11(2,3)4/h7,9-10,15-16H,5-6H2,1-4H3. The minimum Gasteiger partial charge on any atom is -0.389 e. The normalized spacial score (nSPS) is 16.1. The van der Waals surface area contributed by atoms with Crippen LogP contribution in [-0.4, -0.2) is 31.3 Å². The minimum atomic E-state index is -0.943. The number of rotatable bonds is 4. The van der Waals surface area contributed by atoms with Crippen molar-refractivity contribution >= 4 is 0 Å². The summed E-state index contributed by atoms with van der Waals surface area (Å²) < 4.78 is 1.64. The first-order valence-corrected chi connectivity index (χ1v) is 5.62. The van der Waals surface area contributed by atoms with Crippen LogP contribution in [0.3, 0.4) is 0 Å². The van der Waals surface area contributed by atoms with Crippen molar-refractivity contribution in [2.24, 2.45) is 5.41 Å². The van der Waals surface area contributed by atoms with Crippen molar-refractivity contribution in [2.45, 2.75) is 52.9 Å². The molecule has 5 nitrogen and oxygen atoms in total. The van der Waals surface area contributed by atoms with E-state index in [0.717, 1.165) is 6.42 Å². The van der Waals surface area contributed by atoms with Gasteiger partial charge in [-0.15, -0.1) is 5.10 Å². The van der Waals surface area contributed by atoms with E-state index < -0.39 is 12.2 Å². The van der Waals surface area contributed by atoms with Crippen LogP contribution < -0.4 is 0 Å². The van der Waals surface area contributed by atoms with Crippen molar-refractivity contribution in [3.8, 4) is 0 Å². The summed E-state index contributed by atoms with van der Waals surface area (Å²) in [4.78, 5) is 0. The Balaban J connectivity index is 2.87. The van der Waals surface area contributed by atoms with Crippen LogP contribution in [0.2, 0.25) is 0 Å². The van der Waals surface area contributed by atoms with Gasteiger partial charge in [0, 0.05) is 6.54 Å². The van der Waals surface area contributed by atoms with Crippen LogP contribution in [0, 0.1) is 5.41 Å². The molecule has 0 saturated carbocycles. The molecular weight excluding hydrogens is 206 g/mol. The summed E-state index contributed by atoms with van der Waals surface area (Å²) in [6.07, 6.45) is 0.646. The highest BCUT2D eigenvalue weighted by molar-refractivity contribution is 5.03. The maximum absolute atomic E-state index is 10.1. The van der Waals surface area contributed by atoms with Crippen LogP contribution in [0.4, 0.5) is 0 Å². The van der Waals surface area contributed by atoms with Gasteiger partial charge >= 0.3 is 0 Å². The fourth-order valence-electron chi connectivity index (χ4n) is 1.52. The molecule has 5 heteroatoms. The van der Waals surface area contributed by atoms with E-state index in [1.54, 1.807) is 4.68 Å². The Morgan fingerprint density at radius 1 is 1.38 bits per heavy atom. The third kappa shape index (κ3) is 2.80. The molecule has 92 valence electrons. The number of aliphatic hydroxyl groups excluding tert-OH is 2. The van der Waals surface area contributed by atoms with Crippen molar-refractivity contribution < 1.29 is 10.2 Å². The van der Waals surface area contributed by atoms with Crippen molar-refractivity contribution in [3.05, 3.63) is 11.9 Å². The van der Waals surface area contributed by atoms with E-state index in [2.05, 4.69) is 10.3 Å². The highest BCUT2D eigenvalue weighted by Gasteiger charge is 2.32. The molecular formula is C11H21N3O2. The summed E-state index contributed by atoms with van der Waals surface area (Å²) in [5.41, 5.74) is 0.199. The molecule has 0 radical (unpaired) electrons. The van der Waals surface area contributed by atoms with Gasteiger partial charge in [-0.3, -0.25) is 0 Å². The summed E-state index contributed by atoms with van der Waals surface area (Å²) in [6, 6.07) is 0. The monoisotopic (exact) mass is 227 g/mol. The van der Waals surface area contributed by atoms with Gasteiger partial charge in [0.1, 0.15) is 6.10 Å². The molecule has 2 N–H and O–H groups in total. The quantitative estimate of drug-likeness (QED) is 0.809. The molecule has 1 rings (SSSR count). The molecule has 0 aliphatic heterocycles. The van der Waals surface area contributed by atoms with E-state index in [4.69, 9.17) is 0 Å². The Labute approximate surface area is 96.1 Å². The molecule has 1 aromatic rings. The van der Waals surface area contributed by atoms with E-state index in [-0.39, 0.29) is 5.41 Å². The molecule has 0 fully saturated rings. The van der Waals surface area contributed by atoms with Gasteiger partial charge in [-0.1, -0.05) is 32.9 Å². The van der Waals surface area contributed by atoms with E-state index in [1.165, 1.54) is 6.20 Å². The van der Waals surface area contributed by atoms with Gasteiger partial charge in [0.25, 0.3) is 0 Å². The largest absolute Gasteiger partial charge is 0.389 e. The van der Waals surface area contributed by atoms with E-state index >= 15 is 0 Å². The van der Waals surface area contributed by atoms with Gasteiger partial charge in [0.15, 0.2) is 0 Å².